The molecule has 0 aromatic heterocycles. The summed E-state index contributed by atoms with van der Waals surface area (Å²) in [5.74, 6) is -0.554. The molecule has 21 heavy (non-hydrogen) atoms. The lowest BCUT2D eigenvalue weighted by Crippen LogP contribution is -2.33. The van der Waals surface area contributed by atoms with Crippen molar-refractivity contribution in [2.24, 2.45) is 10.5 Å². The van der Waals surface area contributed by atoms with Crippen LogP contribution < -0.4 is 0 Å². The number of hydrazone groups is 1. The van der Waals surface area contributed by atoms with Gasteiger partial charge in [-0.05, 0) is 36.5 Å². The smallest absolute Gasteiger partial charge is 0.330 e. The van der Waals surface area contributed by atoms with Gasteiger partial charge in [0.2, 0.25) is 0 Å². The van der Waals surface area contributed by atoms with Crippen molar-refractivity contribution in [2.45, 2.75) is 33.2 Å². The van der Waals surface area contributed by atoms with Crippen LogP contribution in [0.1, 0.15) is 32.8 Å². The van der Waals surface area contributed by atoms with Crippen molar-refractivity contribution in [1.29, 1.82) is 0 Å². The molecule has 0 amide bonds. The van der Waals surface area contributed by atoms with Crippen molar-refractivity contribution < 1.29 is 13.9 Å². The SMILES string of the molecule is CCOC(=O)[C@@H]1CC(C)(C)CN1N=Cc1cccc(F)c1. The number of carbonyl (C=O) groups is 1. The summed E-state index contributed by atoms with van der Waals surface area (Å²) in [4.78, 5) is 12.0. The summed E-state index contributed by atoms with van der Waals surface area (Å²) in [5, 5.41) is 6.09. The van der Waals surface area contributed by atoms with Gasteiger partial charge in [0.05, 0.1) is 12.8 Å². The van der Waals surface area contributed by atoms with Crippen LogP contribution in [0.2, 0.25) is 0 Å². The van der Waals surface area contributed by atoms with Crippen LogP contribution in [0.25, 0.3) is 0 Å². The molecule has 2 rings (SSSR count). The summed E-state index contributed by atoms with van der Waals surface area (Å²) in [6.07, 6.45) is 2.28. The maximum Gasteiger partial charge on any atom is 0.330 e. The number of ether oxygens (including phenoxy) is 1. The fraction of sp³-hybridized carbons (Fsp3) is 0.500. The molecule has 1 atom stereocenters. The van der Waals surface area contributed by atoms with Crippen LogP contribution in [0, 0.1) is 11.2 Å². The van der Waals surface area contributed by atoms with Crippen LogP contribution in [-0.4, -0.2) is 36.4 Å². The normalized spacial score (nSPS) is 21.0. The highest BCUT2D eigenvalue weighted by Crippen LogP contribution is 2.34. The molecule has 0 spiro atoms. The fourth-order valence-corrected chi connectivity index (χ4v) is 2.53. The van der Waals surface area contributed by atoms with Gasteiger partial charge in [0.1, 0.15) is 11.9 Å². The van der Waals surface area contributed by atoms with Gasteiger partial charge in [-0.25, -0.2) is 9.18 Å². The average Bonchev–Trinajstić information content (AvgIpc) is 2.72. The minimum atomic E-state index is -0.371. The Bertz CT molecular complexity index is 543. The molecule has 5 heteroatoms. The van der Waals surface area contributed by atoms with Gasteiger partial charge < -0.3 is 4.74 Å². The van der Waals surface area contributed by atoms with Crippen molar-refractivity contribution in [3.63, 3.8) is 0 Å². The summed E-state index contributed by atoms with van der Waals surface area (Å²) in [6, 6.07) is 5.83. The summed E-state index contributed by atoms with van der Waals surface area (Å²) >= 11 is 0. The number of halogens is 1. The molecular weight excluding hydrogens is 271 g/mol. The Morgan fingerprint density at radius 2 is 2.33 bits per heavy atom. The third-order valence-electron chi connectivity index (χ3n) is 3.46. The van der Waals surface area contributed by atoms with E-state index >= 15 is 0 Å². The van der Waals surface area contributed by atoms with Gasteiger partial charge in [0, 0.05) is 6.54 Å². The standard InChI is InChI=1S/C16H21FN2O2/c1-4-21-15(20)14-9-16(2,3)11-19(14)18-10-12-6-5-7-13(17)8-12/h5-8,10,14H,4,9,11H2,1-3H3/t14-/m0/s1. The Morgan fingerprint density at radius 3 is 3.00 bits per heavy atom. The summed E-state index contributed by atoms with van der Waals surface area (Å²) in [5.41, 5.74) is 0.666. The highest BCUT2D eigenvalue weighted by atomic mass is 19.1. The number of rotatable bonds is 4. The van der Waals surface area contributed by atoms with E-state index in [0.29, 0.717) is 25.1 Å². The molecule has 1 aliphatic rings. The van der Waals surface area contributed by atoms with Crippen LogP contribution in [0.4, 0.5) is 4.39 Å². The molecule has 0 bridgehead atoms. The van der Waals surface area contributed by atoms with Crippen LogP contribution >= 0.6 is 0 Å². The molecule has 0 saturated carbocycles. The van der Waals surface area contributed by atoms with Gasteiger partial charge in [-0.1, -0.05) is 26.0 Å². The van der Waals surface area contributed by atoms with Crippen LogP contribution in [-0.2, 0) is 9.53 Å². The number of esters is 1. The van der Waals surface area contributed by atoms with Crippen molar-refractivity contribution in [1.82, 2.24) is 5.01 Å². The Hall–Kier alpha value is -1.91. The topological polar surface area (TPSA) is 41.9 Å². The second-order valence-corrected chi connectivity index (χ2v) is 6.03. The van der Waals surface area contributed by atoms with E-state index in [9.17, 15) is 9.18 Å². The van der Waals surface area contributed by atoms with E-state index in [-0.39, 0.29) is 23.2 Å². The summed E-state index contributed by atoms with van der Waals surface area (Å²) in [7, 11) is 0. The number of nitrogens with zero attached hydrogens (tertiary/aromatic N) is 2. The molecule has 0 aliphatic carbocycles. The first-order chi connectivity index (χ1) is 9.91. The first kappa shape index (κ1) is 15.5. The fourth-order valence-electron chi connectivity index (χ4n) is 2.53. The third kappa shape index (κ3) is 4.03. The maximum atomic E-state index is 13.1. The van der Waals surface area contributed by atoms with Crippen molar-refractivity contribution >= 4 is 12.2 Å². The zero-order valence-electron chi connectivity index (χ0n) is 12.7. The molecule has 1 aliphatic heterocycles. The predicted octanol–water partition coefficient (Wildman–Crippen LogP) is 2.82. The highest BCUT2D eigenvalue weighted by molar-refractivity contribution is 5.80. The van der Waals surface area contributed by atoms with E-state index in [4.69, 9.17) is 4.74 Å². The second kappa shape index (κ2) is 6.24. The first-order valence-corrected chi connectivity index (χ1v) is 7.14. The Kier molecular flexibility index (Phi) is 4.60. The number of hydrogen-bond donors (Lipinski definition) is 0. The minimum absolute atomic E-state index is 0.00327. The van der Waals surface area contributed by atoms with E-state index in [0.717, 1.165) is 0 Å². The molecule has 1 saturated heterocycles. The number of benzene rings is 1. The first-order valence-electron chi connectivity index (χ1n) is 7.14. The zero-order chi connectivity index (χ0) is 15.5. The average molecular weight is 292 g/mol. The highest BCUT2D eigenvalue weighted by Gasteiger charge is 2.41. The van der Waals surface area contributed by atoms with E-state index in [1.54, 1.807) is 30.3 Å². The lowest BCUT2D eigenvalue weighted by atomic mass is 9.91. The van der Waals surface area contributed by atoms with Gasteiger partial charge in [-0.15, -0.1) is 0 Å². The minimum Gasteiger partial charge on any atom is -0.464 e. The second-order valence-electron chi connectivity index (χ2n) is 6.03. The van der Waals surface area contributed by atoms with E-state index in [1.807, 2.05) is 0 Å². The van der Waals surface area contributed by atoms with Crippen molar-refractivity contribution in [2.75, 3.05) is 13.2 Å². The summed E-state index contributed by atoms with van der Waals surface area (Å²) in [6.45, 7) is 7.01. The lowest BCUT2D eigenvalue weighted by Gasteiger charge is -2.19. The molecule has 1 aromatic rings. The molecular formula is C16H21FN2O2. The predicted molar refractivity (Wildman–Crippen MR) is 79.5 cm³/mol. The molecule has 1 fully saturated rings. The molecule has 1 aromatic carbocycles. The molecule has 114 valence electrons. The van der Waals surface area contributed by atoms with Crippen LogP contribution in [0.3, 0.4) is 0 Å². The third-order valence-corrected chi connectivity index (χ3v) is 3.46. The number of carbonyl (C=O) groups excluding carboxylic acids is 1. The molecule has 4 nitrogen and oxygen atoms in total. The lowest BCUT2D eigenvalue weighted by molar-refractivity contribution is -0.148. The quantitative estimate of drug-likeness (QED) is 0.633. The Labute approximate surface area is 124 Å². The zero-order valence-corrected chi connectivity index (χ0v) is 12.7. The van der Waals surface area contributed by atoms with E-state index in [2.05, 4.69) is 18.9 Å². The van der Waals surface area contributed by atoms with Crippen molar-refractivity contribution in [3.05, 3.63) is 35.6 Å². The van der Waals surface area contributed by atoms with Gasteiger partial charge in [-0.3, -0.25) is 5.01 Å². The van der Waals surface area contributed by atoms with Gasteiger partial charge in [-0.2, -0.15) is 5.10 Å². The van der Waals surface area contributed by atoms with Crippen LogP contribution in [0.5, 0.6) is 0 Å². The Morgan fingerprint density at radius 1 is 1.57 bits per heavy atom. The molecule has 1 heterocycles. The summed E-state index contributed by atoms with van der Waals surface area (Å²) < 4.78 is 18.3. The van der Waals surface area contributed by atoms with Gasteiger partial charge in [0.25, 0.3) is 0 Å². The van der Waals surface area contributed by atoms with Crippen LogP contribution in [0.15, 0.2) is 29.4 Å². The maximum absolute atomic E-state index is 13.1. The molecule has 0 unspecified atom stereocenters. The molecule has 0 N–H and O–H groups in total. The number of hydrogen-bond acceptors (Lipinski definition) is 4. The van der Waals surface area contributed by atoms with Crippen molar-refractivity contribution in [3.8, 4) is 0 Å². The van der Waals surface area contributed by atoms with Gasteiger partial charge in [0.15, 0.2) is 0 Å². The molecule has 0 radical (unpaired) electrons. The largest absolute Gasteiger partial charge is 0.464 e. The van der Waals surface area contributed by atoms with Gasteiger partial charge >= 0.3 is 5.97 Å². The van der Waals surface area contributed by atoms with E-state index in [1.165, 1.54) is 12.1 Å². The van der Waals surface area contributed by atoms with E-state index < -0.39 is 0 Å². The monoisotopic (exact) mass is 292 g/mol. The Balaban J connectivity index is 2.14.